The van der Waals surface area contributed by atoms with Crippen molar-refractivity contribution in [2.45, 2.75) is 26.2 Å². The number of hydrogen-bond donors (Lipinski definition) is 0. The van der Waals surface area contributed by atoms with E-state index in [0.717, 1.165) is 34.8 Å². The highest BCUT2D eigenvalue weighted by Gasteiger charge is 2.13. The monoisotopic (exact) mass is 362 g/mol. The minimum atomic E-state index is 0.790. The molecule has 0 atom stereocenters. The molecule has 0 saturated carbocycles. The summed E-state index contributed by atoms with van der Waals surface area (Å²) in [7, 11) is 0. The number of rotatable bonds is 3. The van der Waals surface area contributed by atoms with Crippen LogP contribution < -0.4 is 4.90 Å². The van der Waals surface area contributed by atoms with Crippen LogP contribution in [0.3, 0.4) is 0 Å². The molecule has 0 spiro atoms. The van der Waals surface area contributed by atoms with Crippen molar-refractivity contribution in [1.82, 2.24) is 4.98 Å². The fourth-order valence-corrected chi connectivity index (χ4v) is 3.93. The highest BCUT2D eigenvalue weighted by Crippen LogP contribution is 2.28. The van der Waals surface area contributed by atoms with Crippen molar-refractivity contribution in [2.24, 2.45) is 0 Å². The van der Waals surface area contributed by atoms with Crippen LogP contribution in [0.15, 0.2) is 48.7 Å². The van der Waals surface area contributed by atoms with Crippen LogP contribution >= 0.6 is 11.6 Å². The van der Waals surface area contributed by atoms with Gasteiger partial charge in [-0.15, -0.1) is 0 Å². The maximum absolute atomic E-state index is 6.33. The van der Waals surface area contributed by atoms with Crippen LogP contribution in [0.25, 0.3) is 22.9 Å². The highest BCUT2D eigenvalue weighted by atomic mass is 35.5. The molecule has 3 aromatic rings. The molecule has 0 unspecified atom stereocenters. The number of pyridine rings is 1. The Bertz CT molecular complexity index is 956. The summed E-state index contributed by atoms with van der Waals surface area (Å²) in [4.78, 5) is 7.10. The Morgan fingerprint density at radius 2 is 1.73 bits per heavy atom. The lowest BCUT2D eigenvalue weighted by Crippen LogP contribution is -2.30. The van der Waals surface area contributed by atoms with Crippen molar-refractivity contribution in [3.05, 3.63) is 70.5 Å². The van der Waals surface area contributed by atoms with Gasteiger partial charge in [0, 0.05) is 35.4 Å². The van der Waals surface area contributed by atoms with E-state index in [0.29, 0.717) is 0 Å². The lowest BCUT2D eigenvalue weighted by Gasteiger charge is -2.30. The molecule has 3 heteroatoms. The first-order chi connectivity index (χ1) is 12.7. The zero-order valence-corrected chi connectivity index (χ0v) is 15.8. The van der Waals surface area contributed by atoms with Crippen LogP contribution in [0.2, 0.25) is 5.02 Å². The third-order valence-electron chi connectivity index (χ3n) is 5.13. The lowest BCUT2D eigenvalue weighted by molar-refractivity contribution is 0.577. The third-order valence-corrected chi connectivity index (χ3v) is 5.46. The van der Waals surface area contributed by atoms with Crippen molar-refractivity contribution < 1.29 is 0 Å². The average molecular weight is 363 g/mol. The van der Waals surface area contributed by atoms with Gasteiger partial charge in [-0.1, -0.05) is 48.0 Å². The number of aromatic nitrogens is 1. The third kappa shape index (κ3) is 3.47. The Kier molecular flexibility index (Phi) is 4.94. The molecule has 1 aromatic heterocycles. The number of halogens is 1. The van der Waals surface area contributed by atoms with E-state index in [1.165, 1.54) is 35.9 Å². The summed E-state index contributed by atoms with van der Waals surface area (Å²) in [6.45, 7) is 4.45. The molecule has 2 aromatic carbocycles. The van der Waals surface area contributed by atoms with Crippen molar-refractivity contribution in [3.8, 4) is 0 Å². The van der Waals surface area contributed by atoms with Crippen LogP contribution in [0, 0.1) is 6.92 Å². The molecule has 0 radical (unpaired) electrons. The van der Waals surface area contributed by atoms with Gasteiger partial charge in [0.2, 0.25) is 0 Å². The van der Waals surface area contributed by atoms with Gasteiger partial charge in [0.05, 0.1) is 5.69 Å². The molecular formula is C23H23ClN2. The van der Waals surface area contributed by atoms with Gasteiger partial charge in [0.15, 0.2) is 0 Å². The second-order valence-corrected chi connectivity index (χ2v) is 7.37. The van der Waals surface area contributed by atoms with Crippen molar-refractivity contribution in [3.63, 3.8) is 0 Å². The first-order valence-corrected chi connectivity index (χ1v) is 9.67. The van der Waals surface area contributed by atoms with Crippen LogP contribution in [0.5, 0.6) is 0 Å². The Labute approximate surface area is 160 Å². The van der Waals surface area contributed by atoms with Crippen LogP contribution in [-0.2, 0) is 0 Å². The predicted molar refractivity (Wildman–Crippen MR) is 113 cm³/mol. The second kappa shape index (κ2) is 7.51. The van der Waals surface area contributed by atoms with Gasteiger partial charge in [0.25, 0.3) is 0 Å². The maximum atomic E-state index is 6.33. The van der Waals surface area contributed by atoms with Gasteiger partial charge in [-0.3, -0.25) is 4.98 Å². The highest BCUT2D eigenvalue weighted by molar-refractivity contribution is 6.35. The molecule has 1 saturated heterocycles. The van der Waals surface area contributed by atoms with Crippen LogP contribution in [0.1, 0.15) is 36.1 Å². The minimum absolute atomic E-state index is 0.790. The van der Waals surface area contributed by atoms with Crippen molar-refractivity contribution in [2.75, 3.05) is 18.0 Å². The summed E-state index contributed by atoms with van der Waals surface area (Å²) in [5.74, 6) is 0. The lowest BCUT2D eigenvalue weighted by atomic mass is 10.0. The Morgan fingerprint density at radius 1 is 0.962 bits per heavy atom. The van der Waals surface area contributed by atoms with Gasteiger partial charge >= 0.3 is 0 Å². The quantitative estimate of drug-likeness (QED) is 0.539. The Morgan fingerprint density at radius 3 is 2.54 bits per heavy atom. The number of nitrogens with zero attached hydrogens (tertiary/aromatic N) is 2. The molecular weight excluding hydrogens is 340 g/mol. The minimum Gasteiger partial charge on any atom is -0.371 e. The zero-order valence-electron chi connectivity index (χ0n) is 15.1. The SMILES string of the molecule is Cc1cnc(C=Cc2ccc(Cl)c3ccccc23)cc1N1CCCCC1. The predicted octanol–water partition coefficient (Wildman–Crippen LogP) is 6.36. The van der Waals surface area contributed by atoms with Gasteiger partial charge in [-0.25, -0.2) is 0 Å². The van der Waals surface area contributed by atoms with Gasteiger partial charge < -0.3 is 4.90 Å². The van der Waals surface area contributed by atoms with E-state index < -0.39 is 0 Å². The van der Waals surface area contributed by atoms with E-state index in [1.807, 2.05) is 18.3 Å². The van der Waals surface area contributed by atoms with Gasteiger partial charge in [-0.05, 0) is 60.9 Å². The first-order valence-electron chi connectivity index (χ1n) is 9.29. The standard InChI is InChI=1S/C23H23ClN2/c1-17-16-25-19(15-23(17)26-13-5-2-6-14-26)11-9-18-10-12-22(24)21-8-4-3-7-20(18)21/h3-4,7-12,15-16H,2,5-6,13-14H2,1H3. The summed E-state index contributed by atoms with van der Waals surface area (Å²) in [5.41, 5.74) is 4.73. The Hall–Kier alpha value is -2.32. The number of fused-ring (bicyclic) bond motifs is 1. The maximum Gasteiger partial charge on any atom is 0.0650 e. The summed E-state index contributed by atoms with van der Waals surface area (Å²) >= 11 is 6.33. The van der Waals surface area contributed by atoms with E-state index in [1.54, 1.807) is 0 Å². The largest absolute Gasteiger partial charge is 0.371 e. The molecule has 0 amide bonds. The van der Waals surface area contributed by atoms with Crippen LogP contribution in [-0.4, -0.2) is 18.1 Å². The second-order valence-electron chi connectivity index (χ2n) is 6.96. The molecule has 0 aliphatic carbocycles. The fraction of sp³-hybridized carbons (Fsp3) is 0.261. The molecule has 4 rings (SSSR count). The van der Waals surface area contributed by atoms with E-state index in [4.69, 9.17) is 11.6 Å². The molecule has 0 N–H and O–H groups in total. The molecule has 26 heavy (non-hydrogen) atoms. The molecule has 132 valence electrons. The fourth-order valence-electron chi connectivity index (χ4n) is 3.70. The van der Waals surface area contributed by atoms with Crippen LogP contribution in [0.4, 0.5) is 5.69 Å². The topological polar surface area (TPSA) is 16.1 Å². The first kappa shape index (κ1) is 17.1. The van der Waals surface area contributed by atoms with E-state index in [2.05, 4.69) is 59.3 Å². The van der Waals surface area contributed by atoms with E-state index >= 15 is 0 Å². The summed E-state index contributed by atoms with van der Waals surface area (Å²) < 4.78 is 0. The molecule has 1 aliphatic rings. The molecule has 0 bridgehead atoms. The van der Waals surface area contributed by atoms with E-state index in [-0.39, 0.29) is 0 Å². The normalized spacial score (nSPS) is 15.1. The summed E-state index contributed by atoms with van der Waals surface area (Å²) in [5, 5.41) is 3.04. The number of hydrogen-bond acceptors (Lipinski definition) is 2. The van der Waals surface area contributed by atoms with E-state index in [9.17, 15) is 0 Å². The average Bonchev–Trinajstić information content (AvgIpc) is 2.69. The number of anilines is 1. The summed E-state index contributed by atoms with van der Waals surface area (Å²) in [6.07, 6.45) is 10.1. The van der Waals surface area contributed by atoms with Gasteiger partial charge in [0.1, 0.15) is 0 Å². The number of aryl methyl sites for hydroxylation is 1. The molecule has 2 heterocycles. The smallest absolute Gasteiger partial charge is 0.0650 e. The molecule has 2 nitrogen and oxygen atoms in total. The molecule has 1 fully saturated rings. The summed E-state index contributed by atoms with van der Waals surface area (Å²) in [6, 6.07) is 14.5. The zero-order chi connectivity index (χ0) is 17.9. The number of piperidine rings is 1. The van der Waals surface area contributed by atoms with Gasteiger partial charge in [-0.2, -0.15) is 0 Å². The molecule has 1 aliphatic heterocycles. The number of benzene rings is 2. The van der Waals surface area contributed by atoms with Crippen molar-refractivity contribution in [1.29, 1.82) is 0 Å². The van der Waals surface area contributed by atoms with Crippen molar-refractivity contribution >= 4 is 40.2 Å². The Balaban J connectivity index is 1.66.